The number of piperidine rings is 1. The standard InChI is InChI=1S/C19H22ClN3O3/c1-3-26-19(25)14-5-4-8-23(11-14)12-15(10-21)18(24)22-16-7-6-13(2)17(20)9-16/h6-7,9,12,14H,3-5,8,11H2,1-2H3,(H,22,24)/b15-12-. The van der Waals surface area contributed by atoms with Gasteiger partial charge in [0, 0.05) is 30.0 Å². The van der Waals surface area contributed by atoms with E-state index in [1.54, 1.807) is 25.1 Å². The first-order valence-corrected chi connectivity index (χ1v) is 8.92. The lowest BCUT2D eigenvalue weighted by atomic mass is 9.98. The first-order chi connectivity index (χ1) is 12.4. The van der Waals surface area contributed by atoms with Crippen molar-refractivity contribution in [3.05, 3.63) is 40.6 Å². The van der Waals surface area contributed by atoms with E-state index in [1.165, 1.54) is 6.20 Å². The summed E-state index contributed by atoms with van der Waals surface area (Å²) in [5.74, 6) is -0.979. The van der Waals surface area contributed by atoms with E-state index >= 15 is 0 Å². The van der Waals surface area contributed by atoms with Gasteiger partial charge in [0.25, 0.3) is 5.91 Å². The second-order valence-corrected chi connectivity index (χ2v) is 6.57. The van der Waals surface area contributed by atoms with Crippen LogP contribution in [-0.4, -0.2) is 36.5 Å². The zero-order valence-electron chi connectivity index (χ0n) is 14.9. The Morgan fingerprint density at radius 2 is 2.27 bits per heavy atom. The van der Waals surface area contributed by atoms with Crippen LogP contribution in [0.15, 0.2) is 30.0 Å². The summed E-state index contributed by atoms with van der Waals surface area (Å²) in [6.45, 7) is 5.10. The normalized spacial score (nSPS) is 17.4. The van der Waals surface area contributed by atoms with Gasteiger partial charge in [-0.1, -0.05) is 17.7 Å². The van der Waals surface area contributed by atoms with E-state index in [4.69, 9.17) is 16.3 Å². The average Bonchev–Trinajstić information content (AvgIpc) is 2.63. The number of nitriles is 1. The fourth-order valence-corrected chi connectivity index (χ4v) is 2.95. The molecular weight excluding hydrogens is 354 g/mol. The molecule has 0 bridgehead atoms. The monoisotopic (exact) mass is 375 g/mol. The van der Waals surface area contributed by atoms with Crippen LogP contribution >= 0.6 is 11.6 Å². The highest BCUT2D eigenvalue weighted by molar-refractivity contribution is 6.31. The first kappa shape index (κ1) is 19.8. The molecule has 1 aromatic carbocycles. The molecule has 1 fully saturated rings. The molecular formula is C19H22ClN3O3. The minimum atomic E-state index is -0.509. The molecule has 1 heterocycles. The number of aryl methyl sites for hydroxylation is 1. The number of nitrogens with one attached hydrogen (secondary N) is 1. The lowest BCUT2D eigenvalue weighted by Crippen LogP contribution is -2.37. The number of hydrogen-bond donors (Lipinski definition) is 1. The van der Waals surface area contributed by atoms with Crippen molar-refractivity contribution < 1.29 is 14.3 Å². The number of carbonyl (C=O) groups is 2. The molecule has 0 saturated carbocycles. The highest BCUT2D eigenvalue weighted by Gasteiger charge is 2.26. The molecule has 6 nitrogen and oxygen atoms in total. The van der Waals surface area contributed by atoms with Crippen molar-refractivity contribution in [2.24, 2.45) is 5.92 Å². The highest BCUT2D eigenvalue weighted by atomic mass is 35.5. The number of amides is 1. The molecule has 26 heavy (non-hydrogen) atoms. The predicted molar refractivity (Wildman–Crippen MR) is 99.4 cm³/mol. The minimum absolute atomic E-state index is 0.0220. The van der Waals surface area contributed by atoms with Crippen LogP contribution in [0.1, 0.15) is 25.3 Å². The van der Waals surface area contributed by atoms with E-state index in [2.05, 4.69) is 5.32 Å². The van der Waals surface area contributed by atoms with Crippen molar-refractivity contribution in [2.45, 2.75) is 26.7 Å². The molecule has 0 spiro atoms. The van der Waals surface area contributed by atoms with Gasteiger partial charge in [-0.25, -0.2) is 0 Å². The summed E-state index contributed by atoms with van der Waals surface area (Å²) in [4.78, 5) is 26.1. The van der Waals surface area contributed by atoms with Gasteiger partial charge in [0.15, 0.2) is 0 Å². The Balaban J connectivity index is 2.06. The van der Waals surface area contributed by atoms with Crippen LogP contribution in [0.5, 0.6) is 0 Å². The Morgan fingerprint density at radius 1 is 1.50 bits per heavy atom. The fourth-order valence-electron chi connectivity index (χ4n) is 2.77. The maximum Gasteiger partial charge on any atom is 0.310 e. The molecule has 0 radical (unpaired) electrons. The zero-order chi connectivity index (χ0) is 19.1. The molecule has 1 unspecified atom stereocenters. The Bertz CT molecular complexity index is 755. The number of likely N-dealkylation sites (tertiary alicyclic amines) is 1. The zero-order valence-corrected chi connectivity index (χ0v) is 15.7. The number of rotatable bonds is 5. The number of nitrogens with zero attached hydrogens (tertiary/aromatic N) is 2. The third-order valence-corrected chi connectivity index (χ3v) is 4.59. The third kappa shape index (κ3) is 5.24. The first-order valence-electron chi connectivity index (χ1n) is 8.54. The summed E-state index contributed by atoms with van der Waals surface area (Å²) in [6.07, 6.45) is 3.06. The predicted octanol–water partition coefficient (Wildman–Crippen LogP) is 3.27. The lowest BCUT2D eigenvalue weighted by Gasteiger charge is -2.30. The Labute approximate surface area is 158 Å². The van der Waals surface area contributed by atoms with Crippen LogP contribution in [0.4, 0.5) is 5.69 Å². The van der Waals surface area contributed by atoms with Crippen LogP contribution in [0.3, 0.4) is 0 Å². The van der Waals surface area contributed by atoms with Gasteiger partial charge in [-0.3, -0.25) is 9.59 Å². The molecule has 1 aliphatic heterocycles. The van der Waals surface area contributed by atoms with Crippen LogP contribution in [0, 0.1) is 24.2 Å². The quantitative estimate of drug-likeness (QED) is 0.485. The van der Waals surface area contributed by atoms with Crippen molar-refractivity contribution in [1.82, 2.24) is 4.90 Å². The number of anilines is 1. The molecule has 138 valence electrons. The van der Waals surface area contributed by atoms with Gasteiger partial charge < -0.3 is 15.0 Å². The largest absolute Gasteiger partial charge is 0.466 e. The summed E-state index contributed by atoms with van der Waals surface area (Å²) in [7, 11) is 0. The molecule has 7 heteroatoms. The van der Waals surface area contributed by atoms with Crippen LogP contribution < -0.4 is 5.32 Å². The molecule has 1 saturated heterocycles. The summed E-state index contributed by atoms with van der Waals surface area (Å²) in [6, 6.07) is 7.09. The maximum atomic E-state index is 12.4. The van der Waals surface area contributed by atoms with Crippen molar-refractivity contribution >= 4 is 29.2 Å². The van der Waals surface area contributed by atoms with E-state index in [0.29, 0.717) is 30.4 Å². The van der Waals surface area contributed by atoms with Gasteiger partial charge in [0.05, 0.1) is 12.5 Å². The van der Waals surface area contributed by atoms with Crippen molar-refractivity contribution in [2.75, 3.05) is 25.0 Å². The van der Waals surface area contributed by atoms with Crippen molar-refractivity contribution in [1.29, 1.82) is 5.26 Å². The average molecular weight is 376 g/mol. The van der Waals surface area contributed by atoms with E-state index < -0.39 is 5.91 Å². The second-order valence-electron chi connectivity index (χ2n) is 6.16. The van der Waals surface area contributed by atoms with Crippen molar-refractivity contribution in [3.8, 4) is 6.07 Å². The molecule has 1 amide bonds. The summed E-state index contributed by atoms with van der Waals surface area (Å²) in [5, 5.41) is 12.6. The van der Waals surface area contributed by atoms with Gasteiger partial charge >= 0.3 is 5.97 Å². The Hall–Kier alpha value is -2.52. The molecule has 2 rings (SSSR count). The van der Waals surface area contributed by atoms with Gasteiger partial charge in [0.2, 0.25) is 0 Å². The van der Waals surface area contributed by atoms with E-state index in [1.807, 2.05) is 17.9 Å². The smallest absolute Gasteiger partial charge is 0.310 e. The van der Waals surface area contributed by atoms with Crippen LogP contribution in [-0.2, 0) is 14.3 Å². The molecule has 1 aromatic rings. The van der Waals surface area contributed by atoms with E-state index in [0.717, 1.165) is 18.4 Å². The molecule has 1 atom stereocenters. The number of benzene rings is 1. The summed E-state index contributed by atoms with van der Waals surface area (Å²) in [5.41, 5.74) is 1.40. The fraction of sp³-hybridized carbons (Fsp3) is 0.421. The Morgan fingerprint density at radius 3 is 2.92 bits per heavy atom. The minimum Gasteiger partial charge on any atom is -0.466 e. The lowest BCUT2D eigenvalue weighted by molar-refractivity contribution is -0.149. The van der Waals surface area contributed by atoms with Crippen LogP contribution in [0.25, 0.3) is 0 Å². The molecule has 1 aliphatic rings. The number of ether oxygens (including phenoxy) is 1. The van der Waals surface area contributed by atoms with Gasteiger partial charge in [-0.2, -0.15) is 5.26 Å². The van der Waals surface area contributed by atoms with E-state index in [-0.39, 0.29) is 17.5 Å². The number of esters is 1. The van der Waals surface area contributed by atoms with Gasteiger partial charge in [-0.15, -0.1) is 0 Å². The Kier molecular flexibility index (Phi) is 7.05. The number of halogens is 1. The highest BCUT2D eigenvalue weighted by Crippen LogP contribution is 2.21. The second kappa shape index (κ2) is 9.25. The summed E-state index contributed by atoms with van der Waals surface area (Å²) >= 11 is 6.05. The number of carbonyl (C=O) groups excluding carboxylic acids is 2. The molecule has 1 N–H and O–H groups in total. The summed E-state index contributed by atoms with van der Waals surface area (Å²) < 4.78 is 5.07. The van der Waals surface area contributed by atoms with Gasteiger partial charge in [0.1, 0.15) is 11.6 Å². The van der Waals surface area contributed by atoms with Gasteiger partial charge in [-0.05, 0) is 44.4 Å². The van der Waals surface area contributed by atoms with Crippen molar-refractivity contribution in [3.63, 3.8) is 0 Å². The maximum absolute atomic E-state index is 12.4. The topological polar surface area (TPSA) is 82.4 Å². The molecule has 0 aliphatic carbocycles. The SMILES string of the molecule is CCOC(=O)C1CCCN(/C=C(/C#N)C(=O)Nc2ccc(C)c(Cl)c2)C1. The van der Waals surface area contributed by atoms with Crippen LogP contribution in [0.2, 0.25) is 5.02 Å². The number of hydrogen-bond acceptors (Lipinski definition) is 5. The van der Waals surface area contributed by atoms with E-state index in [9.17, 15) is 14.9 Å². The molecule has 0 aromatic heterocycles. The third-order valence-electron chi connectivity index (χ3n) is 4.18.